The molecular weight excluding hydrogens is 335 g/mol. The summed E-state index contributed by atoms with van der Waals surface area (Å²) in [5.41, 5.74) is 2.58. The van der Waals surface area contributed by atoms with Crippen molar-refractivity contribution in [2.24, 2.45) is 0 Å². The molecule has 0 aliphatic rings. The molecule has 0 saturated carbocycles. The Hall–Kier alpha value is -1.46. The zero-order chi connectivity index (χ0) is 15.2. The molecule has 0 bridgehead atoms. The SMILES string of the molecule is CCNCc1nc(C)ccc1OCc1cccc(F)c1Br. The Balaban J connectivity index is 2.14. The van der Waals surface area contributed by atoms with Crippen molar-refractivity contribution in [3.05, 3.63) is 57.6 Å². The molecular formula is C16H18BrFN2O. The molecule has 0 aliphatic carbocycles. The van der Waals surface area contributed by atoms with Gasteiger partial charge in [0.05, 0.1) is 10.2 Å². The first-order valence-electron chi connectivity index (χ1n) is 6.84. The molecule has 0 saturated heterocycles. The zero-order valence-corrected chi connectivity index (χ0v) is 13.7. The van der Waals surface area contributed by atoms with Crippen molar-refractivity contribution in [3.63, 3.8) is 0 Å². The quantitative estimate of drug-likeness (QED) is 0.853. The minimum Gasteiger partial charge on any atom is -0.487 e. The minimum absolute atomic E-state index is 0.286. The van der Waals surface area contributed by atoms with Gasteiger partial charge in [0.2, 0.25) is 0 Å². The van der Waals surface area contributed by atoms with Crippen molar-refractivity contribution in [2.75, 3.05) is 6.54 Å². The van der Waals surface area contributed by atoms with Crippen LogP contribution in [-0.4, -0.2) is 11.5 Å². The normalized spacial score (nSPS) is 10.7. The molecule has 2 aromatic rings. The van der Waals surface area contributed by atoms with Crippen LogP contribution in [0.5, 0.6) is 5.75 Å². The summed E-state index contributed by atoms with van der Waals surface area (Å²) in [6.45, 7) is 5.80. The van der Waals surface area contributed by atoms with Crippen LogP contribution in [0.15, 0.2) is 34.8 Å². The standard InChI is InChI=1S/C16H18BrFN2O/c1-3-19-9-14-15(8-7-11(2)20-14)21-10-12-5-4-6-13(18)16(12)17/h4-8,19H,3,9-10H2,1-2H3. The van der Waals surface area contributed by atoms with E-state index in [9.17, 15) is 4.39 Å². The molecule has 0 unspecified atom stereocenters. The summed E-state index contributed by atoms with van der Waals surface area (Å²) in [4.78, 5) is 4.49. The first-order chi connectivity index (χ1) is 10.1. The number of rotatable bonds is 6. The maximum atomic E-state index is 13.5. The number of hydrogen-bond donors (Lipinski definition) is 1. The predicted octanol–water partition coefficient (Wildman–Crippen LogP) is 3.98. The molecule has 1 aromatic carbocycles. The lowest BCUT2D eigenvalue weighted by Crippen LogP contribution is -2.14. The number of hydrogen-bond acceptors (Lipinski definition) is 3. The number of aryl methyl sites for hydroxylation is 1. The highest BCUT2D eigenvalue weighted by atomic mass is 79.9. The number of nitrogens with zero attached hydrogens (tertiary/aromatic N) is 1. The van der Waals surface area contributed by atoms with Gasteiger partial charge in [-0.15, -0.1) is 0 Å². The van der Waals surface area contributed by atoms with Crippen LogP contribution in [0.1, 0.15) is 23.9 Å². The molecule has 0 atom stereocenters. The summed E-state index contributed by atoms with van der Waals surface area (Å²) in [7, 11) is 0. The number of halogens is 2. The van der Waals surface area contributed by atoms with E-state index >= 15 is 0 Å². The predicted molar refractivity (Wildman–Crippen MR) is 84.8 cm³/mol. The Morgan fingerprint density at radius 1 is 1.29 bits per heavy atom. The molecule has 0 radical (unpaired) electrons. The molecule has 1 aromatic heterocycles. The van der Waals surface area contributed by atoms with Crippen LogP contribution < -0.4 is 10.1 Å². The van der Waals surface area contributed by atoms with E-state index in [1.165, 1.54) is 6.07 Å². The maximum Gasteiger partial charge on any atom is 0.142 e. The monoisotopic (exact) mass is 352 g/mol. The Kier molecular flexibility index (Phi) is 5.70. The van der Waals surface area contributed by atoms with E-state index in [2.05, 4.69) is 26.2 Å². The average Bonchev–Trinajstić information content (AvgIpc) is 2.48. The molecule has 0 amide bonds. The van der Waals surface area contributed by atoms with E-state index < -0.39 is 0 Å². The van der Waals surface area contributed by atoms with Crippen molar-refractivity contribution < 1.29 is 9.13 Å². The minimum atomic E-state index is -0.286. The van der Waals surface area contributed by atoms with Crippen LogP contribution in [0.3, 0.4) is 0 Å². The largest absolute Gasteiger partial charge is 0.487 e. The fraction of sp³-hybridized carbons (Fsp3) is 0.312. The Labute approximate surface area is 132 Å². The van der Waals surface area contributed by atoms with E-state index in [1.54, 1.807) is 6.07 Å². The van der Waals surface area contributed by atoms with Gasteiger partial charge in [0.1, 0.15) is 18.2 Å². The second-order valence-electron chi connectivity index (χ2n) is 4.68. The fourth-order valence-corrected chi connectivity index (χ4v) is 2.29. The van der Waals surface area contributed by atoms with E-state index in [4.69, 9.17) is 4.74 Å². The first kappa shape index (κ1) is 15.9. The summed E-state index contributed by atoms with van der Waals surface area (Å²) in [6.07, 6.45) is 0. The van der Waals surface area contributed by atoms with Crippen LogP contribution in [0, 0.1) is 12.7 Å². The van der Waals surface area contributed by atoms with Gasteiger partial charge in [-0.25, -0.2) is 4.39 Å². The molecule has 3 nitrogen and oxygen atoms in total. The number of pyridine rings is 1. The molecule has 21 heavy (non-hydrogen) atoms. The van der Waals surface area contributed by atoms with Gasteiger partial charge in [-0.1, -0.05) is 19.1 Å². The topological polar surface area (TPSA) is 34.2 Å². The lowest BCUT2D eigenvalue weighted by molar-refractivity contribution is 0.298. The van der Waals surface area contributed by atoms with Gasteiger partial charge >= 0.3 is 0 Å². The van der Waals surface area contributed by atoms with Crippen molar-refractivity contribution in [2.45, 2.75) is 27.0 Å². The van der Waals surface area contributed by atoms with Gasteiger partial charge < -0.3 is 10.1 Å². The second kappa shape index (κ2) is 7.52. The van der Waals surface area contributed by atoms with Crippen molar-refractivity contribution >= 4 is 15.9 Å². The average molecular weight is 353 g/mol. The summed E-state index contributed by atoms with van der Waals surface area (Å²) < 4.78 is 19.7. The molecule has 0 spiro atoms. The summed E-state index contributed by atoms with van der Waals surface area (Å²) in [5.74, 6) is 0.434. The summed E-state index contributed by atoms with van der Waals surface area (Å²) >= 11 is 3.24. The van der Waals surface area contributed by atoms with Crippen LogP contribution >= 0.6 is 15.9 Å². The van der Waals surface area contributed by atoms with E-state index in [0.717, 1.165) is 29.2 Å². The van der Waals surface area contributed by atoms with Crippen molar-refractivity contribution in [1.82, 2.24) is 10.3 Å². The molecule has 2 rings (SSSR count). The van der Waals surface area contributed by atoms with Crippen LogP contribution in [0.25, 0.3) is 0 Å². The van der Waals surface area contributed by atoms with Gasteiger partial charge in [0, 0.05) is 17.8 Å². The third kappa shape index (κ3) is 4.25. The van der Waals surface area contributed by atoms with Crippen LogP contribution in [0.4, 0.5) is 4.39 Å². The highest BCUT2D eigenvalue weighted by Crippen LogP contribution is 2.23. The highest BCUT2D eigenvalue weighted by Gasteiger charge is 2.09. The smallest absolute Gasteiger partial charge is 0.142 e. The van der Waals surface area contributed by atoms with Gasteiger partial charge in [-0.2, -0.15) is 0 Å². The zero-order valence-electron chi connectivity index (χ0n) is 12.1. The lowest BCUT2D eigenvalue weighted by Gasteiger charge is -2.13. The molecule has 0 fully saturated rings. The molecule has 1 N–H and O–H groups in total. The van der Waals surface area contributed by atoms with Gasteiger partial charge in [0.15, 0.2) is 0 Å². The Bertz CT molecular complexity index is 619. The number of aromatic nitrogens is 1. The third-order valence-electron chi connectivity index (χ3n) is 3.03. The van der Waals surface area contributed by atoms with Crippen LogP contribution in [-0.2, 0) is 13.2 Å². The van der Waals surface area contributed by atoms with Crippen LogP contribution in [0.2, 0.25) is 0 Å². The Morgan fingerprint density at radius 2 is 2.10 bits per heavy atom. The van der Waals surface area contributed by atoms with Gasteiger partial charge in [-0.3, -0.25) is 4.98 Å². The first-order valence-corrected chi connectivity index (χ1v) is 7.64. The maximum absolute atomic E-state index is 13.5. The summed E-state index contributed by atoms with van der Waals surface area (Å²) in [6, 6.07) is 8.73. The van der Waals surface area contributed by atoms with Gasteiger partial charge in [-0.05, 0) is 47.6 Å². The van der Waals surface area contributed by atoms with E-state index in [1.807, 2.05) is 32.0 Å². The molecule has 1 heterocycles. The number of nitrogens with one attached hydrogen (secondary N) is 1. The van der Waals surface area contributed by atoms with E-state index in [0.29, 0.717) is 17.6 Å². The van der Waals surface area contributed by atoms with Gasteiger partial charge in [0.25, 0.3) is 0 Å². The number of ether oxygens (including phenoxy) is 1. The lowest BCUT2D eigenvalue weighted by atomic mass is 10.2. The highest BCUT2D eigenvalue weighted by molar-refractivity contribution is 9.10. The van der Waals surface area contributed by atoms with E-state index in [-0.39, 0.29) is 5.82 Å². The second-order valence-corrected chi connectivity index (χ2v) is 5.47. The Morgan fingerprint density at radius 3 is 2.86 bits per heavy atom. The third-order valence-corrected chi connectivity index (χ3v) is 3.92. The van der Waals surface area contributed by atoms with Crippen molar-refractivity contribution in [1.29, 1.82) is 0 Å². The molecule has 112 valence electrons. The molecule has 5 heteroatoms. The molecule has 0 aliphatic heterocycles. The number of benzene rings is 1. The fourth-order valence-electron chi connectivity index (χ4n) is 1.91. The van der Waals surface area contributed by atoms with Crippen molar-refractivity contribution in [3.8, 4) is 5.75 Å². The summed E-state index contributed by atoms with van der Waals surface area (Å²) in [5, 5.41) is 3.24.